The third-order valence-electron chi connectivity index (χ3n) is 5.99. The molecule has 0 saturated carbocycles. The normalized spacial score (nSPS) is 15.4. The molecule has 1 aliphatic heterocycles. The van der Waals surface area contributed by atoms with Crippen LogP contribution in [-0.2, 0) is 4.74 Å². The first-order valence-corrected chi connectivity index (χ1v) is 12.6. The topological polar surface area (TPSA) is 21.6 Å². The third kappa shape index (κ3) is 3.48. The highest BCUT2D eigenvalue weighted by Gasteiger charge is 2.48. The zero-order valence-electron chi connectivity index (χ0n) is 17.6. The third-order valence-corrected chi connectivity index (χ3v) is 10.3. The van der Waals surface area contributed by atoms with Crippen molar-refractivity contribution in [3.05, 3.63) is 126 Å². The van der Waals surface area contributed by atoms with Crippen molar-refractivity contribution in [2.24, 2.45) is 4.99 Å². The van der Waals surface area contributed by atoms with Crippen molar-refractivity contribution in [2.45, 2.75) is 6.42 Å². The molecule has 2 aliphatic rings. The van der Waals surface area contributed by atoms with Crippen LogP contribution in [-0.4, -0.2) is 19.0 Å². The molecule has 3 aromatic rings. The van der Waals surface area contributed by atoms with Crippen molar-refractivity contribution in [3.63, 3.8) is 0 Å². The number of rotatable bonds is 6. The first kappa shape index (κ1) is 19.7. The molecule has 0 fully saturated rings. The van der Waals surface area contributed by atoms with E-state index in [0.29, 0.717) is 0 Å². The number of hydrogen-bond donors (Lipinski definition) is 0. The van der Waals surface area contributed by atoms with Crippen LogP contribution in [0.25, 0.3) is 0 Å². The lowest BCUT2D eigenvalue weighted by molar-refractivity contribution is 0.287. The zero-order chi connectivity index (χ0) is 21.1. The number of fused-ring (bicyclic) bond motifs is 1. The number of methoxy groups -OCH3 is 1. The van der Waals surface area contributed by atoms with Gasteiger partial charge in [-0.2, -0.15) is 0 Å². The molecule has 5 rings (SSSR count). The van der Waals surface area contributed by atoms with E-state index in [1.165, 1.54) is 27.1 Å². The molecule has 3 aromatic carbocycles. The molecule has 0 N–H and O–H groups in total. The largest absolute Gasteiger partial charge is 0.481 e. The monoisotopic (exact) mass is 422 g/mol. The molecule has 2 nitrogen and oxygen atoms in total. The van der Waals surface area contributed by atoms with Crippen LogP contribution in [0.3, 0.4) is 0 Å². The van der Waals surface area contributed by atoms with Crippen molar-refractivity contribution < 1.29 is 4.74 Å². The molecule has 31 heavy (non-hydrogen) atoms. The lowest BCUT2D eigenvalue weighted by atomic mass is 9.99. The van der Waals surface area contributed by atoms with Crippen molar-refractivity contribution in [2.75, 3.05) is 13.3 Å². The summed E-state index contributed by atoms with van der Waals surface area (Å²) in [7, 11) is -0.262. The number of nitrogens with zero attached hydrogens (tertiary/aromatic N) is 1. The van der Waals surface area contributed by atoms with Gasteiger partial charge in [0.2, 0.25) is 5.88 Å². The minimum Gasteiger partial charge on any atom is -0.481 e. The summed E-state index contributed by atoms with van der Waals surface area (Å²) >= 11 is 0. The minimum atomic E-state index is -1.99. The molecule has 0 amide bonds. The van der Waals surface area contributed by atoms with E-state index in [4.69, 9.17) is 9.73 Å². The van der Waals surface area contributed by atoms with Gasteiger partial charge in [0.1, 0.15) is 29.3 Å². The molecule has 1 aliphatic carbocycles. The van der Waals surface area contributed by atoms with Gasteiger partial charge in [-0.05, 0) is 48.9 Å². The van der Waals surface area contributed by atoms with Crippen molar-refractivity contribution in [1.29, 1.82) is 0 Å². The van der Waals surface area contributed by atoms with Gasteiger partial charge in [0.25, 0.3) is 0 Å². The summed E-state index contributed by atoms with van der Waals surface area (Å²) in [6.45, 7) is 0. The SMILES string of the molecule is COC1=C(C[P+](c2ccccc2)(c2ccccc2)c2ccccc2)C2=CCC=CC2=N1. The van der Waals surface area contributed by atoms with E-state index in [-0.39, 0.29) is 0 Å². The van der Waals surface area contributed by atoms with Crippen LogP contribution in [0.1, 0.15) is 6.42 Å². The van der Waals surface area contributed by atoms with E-state index < -0.39 is 7.26 Å². The van der Waals surface area contributed by atoms with Gasteiger partial charge < -0.3 is 4.74 Å². The lowest BCUT2D eigenvalue weighted by Gasteiger charge is -2.28. The van der Waals surface area contributed by atoms with E-state index >= 15 is 0 Å². The van der Waals surface area contributed by atoms with Gasteiger partial charge in [0.05, 0.1) is 18.4 Å². The fraction of sp³-hybridized carbons (Fsp3) is 0.107. The molecular formula is C28H25NOP+. The molecule has 0 saturated heterocycles. The Balaban J connectivity index is 1.76. The van der Waals surface area contributed by atoms with Crippen LogP contribution in [0, 0.1) is 0 Å². The number of ether oxygens (including phenoxy) is 1. The molecule has 1 heterocycles. The van der Waals surface area contributed by atoms with Crippen LogP contribution in [0.15, 0.2) is 131 Å². The van der Waals surface area contributed by atoms with Gasteiger partial charge in [-0.25, -0.2) is 4.99 Å². The summed E-state index contributed by atoms with van der Waals surface area (Å²) in [6.07, 6.45) is 8.38. The van der Waals surface area contributed by atoms with Gasteiger partial charge in [-0.15, -0.1) is 0 Å². The molecule has 0 bridgehead atoms. The maximum absolute atomic E-state index is 5.80. The number of aliphatic imine (C=N–C) groups is 1. The Kier molecular flexibility index (Phi) is 5.40. The summed E-state index contributed by atoms with van der Waals surface area (Å²) in [5.41, 5.74) is 3.46. The maximum atomic E-state index is 5.80. The van der Waals surface area contributed by atoms with E-state index in [1.807, 2.05) is 0 Å². The Morgan fingerprint density at radius 2 is 1.29 bits per heavy atom. The molecule has 152 valence electrons. The molecule has 0 unspecified atom stereocenters. The van der Waals surface area contributed by atoms with E-state index in [1.54, 1.807) is 7.11 Å². The van der Waals surface area contributed by atoms with E-state index in [2.05, 4.69) is 109 Å². The van der Waals surface area contributed by atoms with Gasteiger partial charge in [-0.3, -0.25) is 0 Å². The number of allylic oxidation sites excluding steroid dienone is 5. The van der Waals surface area contributed by atoms with E-state index in [0.717, 1.165) is 24.2 Å². The first-order valence-electron chi connectivity index (χ1n) is 10.6. The second kappa shape index (κ2) is 8.49. The van der Waals surface area contributed by atoms with Crippen LogP contribution >= 0.6 is 7.26 Å². The standard InChI is InChI=1S/C28H25NOP/c1-30-28-26(25-19-11-12-20-27(25)29-28)21-31(22-13-5-2-6-14-22,23-15-7-3-8-16-23)24-17-9-4-10-18-24/h2-10,12-20H,11,21H2,1H3/q+1. The molecular weight excluding hydrogens is 397 g/mol. The average molecular weight is 422 g/mol. The summed E-state index contributed by atoms with van der Waals surface area (Å²) < 4.78 is 5.80. The highest BCUT2D eigenvalue weighted by Crippen LogP contribution is 2.58. The Morgan fingerprint density at radius 1 is 0.774 bits per heavy atom. The van der Waals surface area contributed by atoms with Crippen LogP contribution in [0.5, 0.6) is 0 Å². The second-order valence-electron chi connectivity index (χ2n) is 7.72. The Bertz CT molecular complexity index is 1090. The molecule has 0 spiro atoms. The lowest BCUT2D eigenvalue weighted by Crippen LogP contribution is -2.34. The first-order chi connectivity index (χ1) is 15.3. The van der Waals surface area contributed by atoms with E-state index in [9.17, 15) is 0 Å². The Morgan fingerprint density at radius 3 is 1.77 bits per heavy atom. The highest BCUT2D eigenvalue weighted by atomic mass is 31.2. The van der Waals surface area contributed by atoms with Crippen molar-refractivity contribution in [3.8, 4) is 0 Å². The Labute approximate surface area is 184 Å². The van der Waals surface area contributed by atoms with Crippen LogP contribution in [0.4, 0.5) is 0 Å². The fourth-order valence-corrected chi connectivity index (χ4v) is 8.82. The molecule has 0 aromatic heterocycles. The van der Waals surface area contributed by atoms with Crippen molar-refractivity contribution >= 4 is 28.9 Å². The number of benzene rings is 3. The predicted octanol–water partition coefficient (Wildman–Crippen LogP) is 5.18. The maximum Gasteiger partial charge on any atom is 0.221 e. The summed E-state index contributed by atoms with van der Waals surface area (Å²) in [6, 6.07) is 32.9. The smallest absolute Gasteiger partial charge is 0.221 e. The average Bonchev–Trinajstić information content (AvgIpc) is 3.21. The Hall–Kier alpha value is -3.22. The molecule has 3 heteroatoms. The summed E-state index contributed by atoms with van der Waals surface area (Å²) in [5, 5.41) is 4.11. The quantitative estimate of drug-likeness (QED) is 0.502. The minimum absolute atomic E-state index is 0.750. The van der Waals surface area contributed by atoms with Gasteiger partial charge in [0.15, 0.2) is 0 Å². The molecule has 0 atom stereocenters. The van der Waals surface area contributed by atoms with Gasteiger partial charge >= 0.3 is 0 Å². The van der Waals surface area contributed by atoms with Gasteiger partial charge in [-0.1, -0.05) is 66.7 Å². The van der Waals surface area contributed by atoms with Crippen LogP contribution < -0.4 is 15.9 Å². The van der Waals surface area contributed by atoms with Crippen molar-refractivity contribution in [1.82, 2.24) is 0 Å². The predicted molar refractivity (Wildman–Crippen MR) is 133 cm³/mol. The van der Waals surface area contributed by atoms with Crippen LogP contribution in [0.2, 0.25) is 0 Å². The highest BCUT2D eigenvalue weighted by molar-refractivity contribution is 7.95. The van der Waals surface area contributed by atoms with Gasteiger partial charge in [0, 0.05) is 5.57 Å². The summed E-state index contributed by atoms with van der Waals surface area (Å²) in [4.78, 5) is 4.81. The molecule has 0 radical (unpaired) electrons. The summed E-state index contributed by atoms with van der Waals surface area (Å²) in [5.74, 6) is 0.750. The fourth-order valence-electron chi connectivity index (χ4n) is 4.55. The second-order valence-corrected chi connectivity index (χ2v) is 11.2. The zero-order valence-corrected chi connectivity index (χ0v) is 18.5. The number of hydrogen-bond acceptors (Lipinski definition) is 2.